The molecule has 0 saturated heterocycles. The number of aryl methyl sites for hydroxylation is 1. The molecule has 0 fully saturated rings. The van der Waals surface area contributed by atoms with Crippen LogP contribution >= 0.6 is 0 Å². The number of nitrogens with two attached hydrogens (primary N) is 1. The van der Waals surface area contributed by atoms with Gasteiger partial charge < -0.3 is 10.6 Å². The zero-order valence-corrected chi connectivity index (χ0v) is 16.3. The van der Waals surface area contributed by atoms with E-state index in [0.717, 1.165) is 18.7 Å². The molecule has 2 N–H and O–H groups in total. The van der Waals surface area contributed by atoms with Crippen molar-refractivity contribution in [3.63, 3.8) is 0 Å². The van der Waals surface area contributed by atoms with Crippen molar-refractivity contribution in [2.24, 2.45) is 5.73 Å². The molecule has 0 unspecified atom stereocenters. The summed E-state index contributed by atoms with van der Waals surface area (Å²) in [6, 6.07) is 15.4. The molecule has 2 heteroatoms. The molecule has 0 radical (unpaired) electrons. The van der Waals surface area contributed by atoms with Gasteiger partial charge in [-0.1, -0.05) is 74.7 Å². The predicted octanol–water partition coefficient (Wildman–Crippen LogP) is 5.55. The molecule has 0 heterocycles. The van der Waals surface area contributed by atoms with Crippen LogP contribution in [0, 0.1) is 6.92 Å². The van der Waals surface area contributed by atoms with E-state index in [4.69, 9.17) is 5.73 Å². The molecular weight excluding hydrogens is 316 g/mol. The maximum Gasteiger partial charge on any atom is 0.0230 e. The van der Waals surface area contributed by atoms with Crippen molar-refractivity contribution in [1.29, 1.82) is 0 Å². The lowest BCUT2D eigenvalue weighted by Crippen LogP contribution is -2.16. The second-order valence-electron chi connectivity index (χ2n) is 6.86. The summed E-state index contributed by atoms with van der Waals surface area (Å²) in [5.41, 5.74) is 13.7. The van der Waals surface area contributed by atoms with Gasteiger partial charge in [-0.2, -0.15) is 0 Å². The second kappa shape index (κ2) is 9.21. The molecule has 2 rings (SSSR count). The van der Waals surface area contributed by atoms with E-state index in [9.17, 15) is 0 Å². The standard InChI is InChI=1S/C24H30N2/c1-6-20(15-19(4)25)16-23-12-13-24(14-18(23)3)22-10-8-21(9-11-22)17-26(5)7-2/h6,8-14,16H,1,4,7,15,17,25H2,2-3,5H3/b20-16-. The summed E-state index contributed by atoms with van der Waals surface area (Å²) in [7, 11) is 2.14. The fourth-order valence-electron chi connectivity index (χ4n) is 2.89. The molecule has 0 spiro atoms. The molecule has 26 heavy (non-hydrogen) atoms. The molecule has 2 aromatic carbocycles. The lowest BCUT2D eigenvalue weighted by Gasteiger charge is -2.14. The van der Waals surface area contributed by atoms with Gasteiger partial charge in [0.25, 0.3) is 0 Å². The van der Waals surface area contributed by atoms with Crippen LogP contribution in [0.15, 0.2) is 73.0 Å². The normalized spacial score (nSPS) is 11.6. The van der Waals surface area contributed by atoms with Gasteiger partial charge in [0.15, 0.2) is 0 Å². The van der Waals surface area contributed by atoms with E-state index in [1.807, 2.05) is 6.08 Å². The van der Waals surface area contributed by atoms with Crippen molar-refractivity contribution in [2.45, 2.75) is 26.8 Å². The van der Waals surface area contributed by atoms with E-state index < -0.39 is 0 Å². The van der Waals surface area contributed by atoms with Crippen LogP contribution in [0.2, 0.25) is 0 Å². The molecule has 0 aliphatic rings. The van der Waals surface area contributed by atoms with Crippen molar-refractivity contribution in [3.8, 4) is 11.1 Å². The minimum atomic E-state index is 0.651. The molecule has 0 aliphatic carbocycles. The minimum absolute atomic E-state index is 0.651. The highest BCUT2D eigenvalue weighted by Crippen LogP contribution is 2.25. The Bertz CT molecular complexity index is 797. The summed E-state index contributed by atoms with van der Waals surface area (Å²) in [4.78, 5) is 2.30. The Morgan fingerprint density at radius 1 is 1.12 bits per heavy atom. The third kappa shape index (κ3) is 5.47. The van der Waals surface area contributed by atoms with Crippen LogP contribution < -0.4 is 5.73 Å². The molecular formula is C24H30N2. The van der Waals surface area contributed by atoms with Crippen LogP contribution in [0.3, 0.4) is 0 Å². The number of allylic oxidation sites excluding steroid dienone is 2. The summed E-state index contributed by atoms with van der Waals surface area (Å²) >= 11 is 0. The highest BCUT2D eigenvalue weighted by atomic mass is 15.1. The highest BCUT2D eigenvalue weighted by molar-refractivity contribution is 5.69. The van der Waals surface area contributed by atoms with Gasteiger partial charge in [-0.15, -0.1) is 0 Å². The monoisotopic (exact) mass is 346 g/mol. The summed E-state index contributed by atoms with van der Waals surface area (Å²) in [5.74, 6) is 0. The van der Waals surface area contributed by atoms with Crippen LogP contribution in [0.25, 0.3) is 17.2 Å². The van der Waals surface area contributed by atoms with E-state index in [1.54, 1.807) is 0 Å². The summed E-state index contributed by atoms with van der Waals surface area (Å²) in [5, 5.41) is 0. The van der Waals surface area contributed by atoms with Gasteiger partial charge in [0.05, 0.1) is 0 Å². The third-order valence-electron chi connectivity index (χ3n) is 4.58. The van der Waals surface area contributed by atoms with Gasteiger partial charge in [0.2, 0.25) is 0 Å². The van der Waals surface area contributed by atoms with Gasteiger partial charge >= 0.3 is 0 Å². The molecule has 0 bridgehead atoms. The molecule has 0 saturated carbocycles. The van der Waals surface area contributed by atoms with Gasteiger partial charge in [-0.3, -0.25) is 0 Å². The molecule has 0 atom stereocenters. The van der Waals surface area contributed by atoms with E-state index in [1.165, 1.54) is 27.8 Å². The highest BCUT2D eigenvalue weighted by Gasteiger charge is 2.04. The first kappa shape index (κ1) is 19.7. The quantitative estimate of drug-likeness (QED) is 0.635. The van der Waals surface area contributed by atoms with Crippen molar-refractivity contribution < 1.29 is 0 Å². The first-order chi connectivity index (χ1) is 12.4. The van der Waals surface area contributed by atoms with Gasteiger partial charge in [0.1, 0.15) is 0 Å². The first-order valence-electron chi connectivity index (χ1n) is 9.07. The van der Waals surface area contributed by atoms with Crippen molar-refractivity contribution in [2.75, 3.05) is 13.6 Å². The van der Waals surface area contributed by atoms with E-state index in [0.29, 0.717) is 12.1 Å². The Labute approximate surface area is 158 Å². The molecule has 0 amide bonds. The van der Waals surface area contributed by atoms with Gasteiger partial charge in [0, 0.05) is 18.7 Å². The Morgan fingerprint density at radius 2 is 1.77 bits per heavy atom. The van der Waals surface area contributed by atoms with Gasteiger partial charge in [-0.05, 0) is 53.9 Å². The Balaban J connectivity index is 2.22. The molecule has 0 aliphatic heterocycles. The van der Waals surface area contributed by atoms with Crippen LogP contribution in [-0.2, 0) is 6.54 Å². The average Bonchev–Trinajstić information content (AvgIpc) is 2.62. The zero-order valence-electron chi connectivity index (χ0n) is 16.3. The summed E-state index contributed by atoms with van der Waals surface area (Å²) < 4.78 is 0. The lowest BCUT2D eigenvalue weighted by molar-refractivity contribution is 0.346. The fourth-order valence-corrected chi connectivity index (χ4v) is 2.89. The zero-order chi connectivity index (χ0) is 19.1. The summed E-state index contributed by atoms with van der Waals surface area (Å²) in [6.45, 7) is 14.0. The topological polar surface area (TPSA) is 29.3 Å². The SMILES string of the molecule is C=C/C(=C/c1ccc(-c2ccc(CN(C)CC)cc2)cc1C)CC(=C)N. The Morgan fingerprint density at radius 3 is 2.31 bits per heavy atom. The first-order valence-corrected chi connectivity index (χ1v) is 9.07. The largest absolute Gasteiger partial charge is 0.402 e. The smallest absolute Gasteiger partial charge is 0.0230 e. The number of nitrogens with zero attached hydrogens (tertiary/aromatic N) is 1. The van der Waals surface area contributed by atoms with Crippen molar-refractivity contribution in [1.82, 2.24) is 4.90 Å². The number of benzene rings is 2. The van der Waals surface area contributed by atoms with E-state index >= 15 is 0 Å². The van der Waals surface area contributed by atoms with E-state index in [-0.39, 0.29) is 0 Å². The van der Waals surface area contributed by atoms with Crippen LogP contribution in [0.1, 0.15) is 30.0 Å². The van der Waals surface area contributed by atoms with E-state index in [2.05, 4.69) is 87.5 Å². The summed E-state index contributed by atoms with van der Waals surface area (Å²) in [6.07, 6.45) is 4.63. The second-order valence-corrected chi connectivity index (χ2v) is 6.86. The van der Waals surface area contributed by atoms with Crippen molar-refractivity contribution in [3.05, 3.63) is 89.7 Å². The fraction of sp³-hybridized carbons (Fsp3) is 0.250. The maximum absolute atomic E-state index is 5.73. The molecule has 136 valence electrons. The third-order valence-corrected chi connectivity index (χ3v) is 4.58. The van der Waals surface area contributed by atoms with Crippen LogP contribution in [0.4, 0.5) is 0 Å². The number of hydrogen-bond acceptors (Lipinski definition) is 2. The predicted molar refractivity (Wildman–Crippen MR) is 115 cm³/mol. The Hall–Kier alpha value is -2.58. The maximum atomic E-state index is 5.73. The Kier molecular flexibility index (Phi) is 6.99. The minimum Gasteiger partial charge on any atom is -0.402 e. The lowest BCUT2D eigenvalue weighted by atomic mass is 9.97. The van der Waals surface area contributed by atoms with Crippen LogP contribution in [-0.4, -0.2) is 18.5 Å². The van der Waals surface area contributed by atoms with Gasteiger partial charge in [-0.25, -0.2) is 0 Å². The molecule has 2 aromatic rings. The van der Waals surface area contributed by atoms with Crippen LogP contribution in [0.5, 0.6) is 0 Å². The van der Waals surface area contributed by atoms with Crippen molar-refractivity contribution >= 4 is 6.08 Å². The molecule has 0 aromatic heterocycles. The number of hydrogen-bond donors (Lipinski definition) is 1. The number of rotatable bonds is 8. The molecule has 2 nitrogen and oxygen atoms in total. The average molecular weight is 347 g/mol.